The highest BCUT2D eigenvalue weighted by Gasteiger charge is 2.21. The van der Waals surface area contributed by atoms with E-state index < -0.39 is 5.91 Å². The molecule has 2 N–H and O–H groups in total. The van der Waals surface area contributed by atoms with Crippen molar-refractivity contribution in [3.63, 3.8) is 0 Å². The number of hydrogen-bond donors (Lipinski definition) is 2. The van der Waals surface area contributed by atoms with E-state index in [1.807, 2.05) is 66.7 Å². The van der Waals surface area contributed by atoms with Gasteiger partial charge in [-0.15, -0.1) is 0 Å². The van der Waals surface area contributed by atoms with E-state index in [-0.39, 0.29) is 18.1 Å². The number of amides is 1. The fourth-order valence-corrected chi connectivity index (χ4v) is 3.11. The highest BCUT2D eigenvalue weighted by molar-refractivity contribution is 5.90. The molecular formula is C24H22N2O3. The molecule has 0 saturated heterocycles. The number of hydrogen-bond acceptors (Lipinski definition) is 4. The van der Waals surface area contributed by atoms with Crippen molar-refractivity contribution >= 4 is 17.8 Å². The minimum atomic E-state index is -0.627. The zero-order chi connectivity index (χ0) is 20.5. The fourth-order valence-electron chi connectivity index (χ4n) is 3.11. The molecule has 1 heterocycles. The number of hydroxylamine groups is 1. The van der Waals surface area contributed by atoms with Gasteiger partial charge in [0.05, 0.1) is 5.69 Å². The third-order valence-electron chi connectivity index (χ3n) is 4.61. The van der Waals surface area contributed by atoms with E-state index in [0.717, 1.165) is 16.7 Å². The first-order valence-electron chi connectivity index (χ1n) is 9.34. The summed E-state index contributed by atoms with van der Waals surface area (Å²) >= 11 is 0. The molecule has 29 heavy (non-hydrogen) atoms. The van der Waals surface area contributed by atoms with Gasteiger partial charge in [-0.2, -0.15) is 0 Å². The van der Waals surface area contributed by atoms with Crippen LogP contribution in [0.3, 0.4) is 0 Å². The molecule has 0 radical (unpaired) electrons. The topological polar surface area (TPSA) is 79.3 Å². The van der Waals surface area contributed by atoms with E-state index in [2.05, 4.69) is 4.98 Å². The van der Waals surface area contributed by atoms with Crippen LogP contribution in [0.15, 0.2) is 85.1 Å². The lowest BCUT2D eigenvalue weighted by Crippen LogP contribution is -2.17. The molecule has 2 aromatic carbocycles. The molecule has 146 valence electrons. The average Bonchev–Trinajstić information content (AvgIpc) is 2.78. The van der Waals surface area contributed by atoms with Gasteiger partial charge >= 0.3 is 0 Å². The molecule has 1 amide bonds. The Bertz CT molecular complexity index is 968. The zero-order valence-corrected chi connectivity index (χ0v) is 15.9. The first kappa shape index (κ1) is 20.2. The van der Waals surface area contributed by atoms with E-state index in [1.54, 1.807) is 12.3 Å². The maximum Gasteiger partial charge on any atom is 0.267 e. The van der Waals surface area contributed by atoms with Gasteiger partial charge in [-0.05, 0) is 35.3 Å². The third-order valence-corrected chi connectivity index (χ3v) is 4.61. The molecule has 0 bridgehead atoms. The maximum atomic E-state index is 13.1. The Hall–Kier alpha value is -3.57. The first-order chi connectivity index (χ1) is 14.2. The van der Waals surface area contributed by atoms with Crippen molar-refractivity contribution in [1.29, 1.82) is 0 Å². The number of nitrogens with one attached hydrogen (secondary N) is 1. The van der Waals surface area contributed by atoms with Gasteiger partial charge < -0.3 is 0 Å². The highest BCUT2D eigenvalue weighted by atomic mass is 16.5. The predicted molar refractivity (Wildman–Crippen MR) is 111 cm³/mol. The first-order valence-corrected chi connectivity index (χ1v) is 9.34. The maximum absolute atomic E-state index is 13.1. The second-order valence-electron chi connectivity index (χ2n) is 6.70. The summed E-state index contributed by atoms with van der Waals surface area (Å²) in [5.41, 5.74) is 5.02. The molecular weight excluding hydrogens is 364 g/mol. The minimum absolute atomic E-state index is 0.129. The molecule has 0 aliphatic rings. The van der Waals surface area contributed by atoms with Crippen LogP contribution in [0, 0.1) is 0 Å². The molecule has 1 unspecified atom stereocenters. The molecule has 5 heteroatoms. The van der Waals surface area contributed by atoms with Crippen LogP contribution in [0.1, 0.15) is 28.3 Å². The molecule has 0 saturated carbocycles. The Balaban J connectivity index is 1.74. The van der Waals surface area contributed by atoms with Crippen LogP contribution < -0.4 is 5.48 Å². The second kappa shape index (κ2) is 10.1. The van der Waals surface area contributed by atoms with E-state index in [4.69, 9.17) is 5.21 Å². The molecule has 3 rings (SSSR count). The monoisotopic (exact) mass is 386 g/mol. The van der Waals surface area contributed by atoms with Gasteiger partial charge in [-0.3, -0.25) is 19.8 Å². The van der Waals surface area contributed by atoms with Crippen molar-refractivity contribution in [3.8, 4) is 0 Å². The van der Waals surface area contributed by atoms with E-state index in [1.165, 1.54) is 17.6 Å². The number of rotatable bonds is 8. The minimum Gasteiger partial charge on any atom is -0.299 e. The van der Waals surface area contributed by atoms with Gasteiger partial charge in [-0.25, -0.2) is 5.48 Å². The van der Waals surface area contributed by atoms with Crippen LogP contribution in [0.5, 0.6) is 0 Å². The molecule has 1 aromatic heterocycles. The summed E-state index contributed by atoms with van der Waals surface area (Å²) in [6, 6.07) is 23.4. The summed E-state index contributed by atoms with van der Waals surface area (Å²) < 4.78 is 0. The van der Waals surface area contributed by atoms with Gasteiger partial charge in [0, 0.05) is 24.6 Å². The fraction of sp³-hybridized carbons (Fsp3) is 0.125. The summed E-state index contributed by atoms with van der Waals surface area (Å²) in [6.07, 6.45) is 5.23. The summed E-state index contributed by atoms with van der Waals surface area (Å²) in [6.45, 7) is 0. The molecule has 5 nitrogen and oxygen atoms in total. The normalized spacial score (nSPS) is 11.9. The van der Waals surface area contributed by atoms with Crippen molar-refractivity contribution in [2.24, 2.45) is 0 Å². The van der Waals surface area contributed by atoms with Crippen LogP contribution in [0.2, 0.25) is 0 Å². The third kappa shape index (κ3) is 5.96. The SMILES string of the molecule is O=C(/C=C/c1ccc(CC(=O)C(Cc2ccccc2)c2ccccc2)cn1)NO. The van der Waals surface area contributed by atoms with Crippen LogP contribution in [0.4, 0.5) is 0 Å². The highest BCUT2D eigenvalue weighted by Crippen LogP contribution is 2.23. The average molecular weight is 386 g/mol. The lowest BCUT2D eigenvalue weighted by Gasteiger charge is -2.17. The van der Waals surface area contributed by atoms with E-state index in [0.29, 0.717) is 12.1 Å². The van der Waals surface area contributed by atoms with Crippen molar-refractivity contribution in [1.82, 2.24) is 10.5 Å². The Morgan fingerprint density at radius 3 is 2.24 bits per heavy atom. The van der Waals surface area contributed by atoms with Crippen LogP contribution in [-0.2, 0) is 22.4 Å². The molecule has 0 aliphatic carbocycles. The van der Waals surface area contributed by atoms with E-state index in [9.17, 15) is 9.59 Å². The number of carbonyl (C=O) groups excluding carboxylic acids is 2. The van der Waals surface area contributed by atoms with Gasteiger partial charge in [0.25, 0.3) is 5.91 Å². The summed E-state index contributed by atoms with van der Waals surface area (Å²) in [4.78, 5) is 28.4. The summed E-state index contributed by atoms with van der Waals surface area (Å²) in [5.74, 6) is -0.728. The number of ketones is 1. The van der Waals surface area contributed by atoms with Crippen molar-refractivity contribution < 1.29 is 14.8 Å². The molecule has 0 fully saturated rings. The van der Waals surface area contributed by atoms with Crippen LogP contribution in [-0.4, -0.2) is 21.9 Å². The van der Waals surface area contributed by atoms with E-state index >= 15 is 0 Å². The summed E-state index contributed by atoms with van der Waals surface area (Å²) in [5, 5.41) is 8.50. The van der Waals surface area contributed by atoms with Gasteiger partial charge in [0.1, 0.15) is 5.78 Å². The van der Waals surface area contributed by atoms with Gasteiger partial charge in [-0.1, -0.05) is 66.7 Å². The van der Waals surface area contributed by atoms with Crippen molar-refractivity contribution in [2.45, 2.75) is 18.8 Å². The number of carbonyl (C=O) groups is 2. The number of benzene rings is 2. The smallest absolute Gasteiger partial charge is 0.267 e. The Kier molecular flexibility index (Phi) is 7.03. The Labute approximate surface area is 169 Å². The quantitative estimate of drug-likeness (QED) is 0.351. The van der Waals surface area contributed by atoms with Gasteiger partial charge in [0.2, 0.25) is 0 Å². The van der Waals surface area contributed by atoms with Crippen LogP contribution >= 0.6 is 0 Å². The predicted octanol–water partition coefficient (Wildman–Crippen LogP) is 3.74. The van der Waals surface area contributed by atoms with Gasteiger partial charge in [0.15, 0.2) is 0 Å². The number of Topliss-reactive ketones (excluding diaryl/α,β-unsaturated/α-hetero) is 1. The number of nitrogens with zero attached hydrogens (tertiary/aromatic N) is 1. The number of aromatic nitrogens is 1. The van der Waals surface area contributed by atoms with Crippen LogP contribution in [0.25, 0.3) is 6.08 Å². The number of pyridine rings is 1. The molecule has 1 atom stereocenters. The Morgan fingerprint density at radius 2 is 1.62 bits per heavy atom. The molecule has 3 aromatic rings. The molecule has 0 spiro atoms. The summed E-state index contributed by atoms with van der Waals surface area (Å²) in [7, 11) is 0. The van der Waals surface area contributed by atoms with Crippen molar-refractivity contribution in [3.05, 3.63) is 107 Å². The van der Waals surface area contributed by atoms with Crippen molar-refractivity contribution in [2.75, 3.05) is 0 Å². The lowest BCUT2D eigenvalue weighted by molar-refractivity contribution is -0.124. The molecule has 0 aliphatic heterocycles. The largest absolute Gasteiger partial charge is 0.299 e. The second-order valence-corrected chi connectivity index (χ2v) is 6.70. The Morgan fingerprint density at radius 1 is 0.931 bits per heavy atom. The standard InChI is InChI=1S/C24H22N2O3/c27-23(16-19-11-12-21(25-17-19)13-14-24(28)26-29)22(20-9-5-2-6-10-20)15-18-7-3-1-4-8-18/h1-14,17,22,29H,15-16H2,(H,26,28)/b14-13+. The lowest BCUT2D eigenvalue weighted by atomic mass is 9.86. The zero-order valence-electron chi connectivity index (χ0n) is 15.9.